The minimum atomic E-state index is -0.779. The van der Waals surface area contributed by atoms with E-state index in [4.69, 9.17) is 5.11 Å². The van der Waals surface area contributed by atoms with Crippen molar-refractivity contribution in [2.24, 2.45) is 0 Å². The molecule has 3 nitrogen and oxygen atoms in total. The number of hydrogen-bond acceptors (Lipinski definition) is 3. The molecule has 1 rings (SSSR count). The van der Waals surface area contributed by atoms with Gasteiger partial charge in [-0.2, -0.15) is 11.8 Å². The summed E-state index contributed by atoms with van der Waals surface area (Å²) in [5.41, 5.74) is 1.31. The highest BCUT2D eigenvalue weighted by Gasteiger charge is 2.14. The quantitative estimate of drug-likeness (QED) is 0.724. The molecule has 0 saturated carbocycles. The van der Waals surface area contributed by atoms with Gasteiger partial charge in [-0.25, -0.2) is 0 Å². The highest BCUT2D eigenvalue weighted by atomic mass is 32.2. The molecule has 0 heterocycles. The second-order valence-corrected chi connectivity index (χ2v) is 4.48. The topological polar surface area (TPSA) is 49.3 Å². The van der Waals surface area contributed by atoms with Crippen molar-refractivity contribution in [1.29, 1.82) is 0 Å². The number of thioether (sulfide) groups is 1. The zero-order chi connectivity index (χ0) is 11.1. The van der Waals surface area contributed by atoms with Crippen LogP contribution in [-0.4, -0.2) is 35.7 Å². The Bertz CT molecular complexity index is 274. The van der Waals surface area contributed by atoms with Gasteiger partial charge < -0.3 is 10.4 Å². The number of carboxylic acid groups (broad SMARTS) is 1. The lowest BCUT2D eigenvalue weighted by Crippen LogP contribution is -2.36. The molecular formula is C11H17NO2S. The Hall–Kier alpha value is -0.740. The van der Waals surface area contributed by atoms with Crippen molar-refractivity contribution in [2.75, 3.05) is 18.6 Å². The number of nitrogens with one attached hydrogen (secondary N) is 1. The lowest BCUT2D eigenvalue weighted by atomic mass is 10.1. The normalized spacial score (nSPS) is 17.3. The Morgan fingerprint density at radius 3 is 3.00 bits per heavy atom. The maximum Gasteiger partial charge on any atom is 0.321 e. The molecular weight excluding hydrogens is 210 g/mol. The molecule has 0 aromatic carbocycles. The molecule has 2 N–H and O–H groups in total. The van der Waals surface area contributed by atoms with E-state index in [0.717, 1.165) is 18.6 Å². The van der Waals surface area contributed by atoms with Gasteiger partial charge in [0.15, 0.2) is 0 Å². The minimum Gasteiger partial charge on any atom is -0.480 e. The van der Waals surface area contributed by atoms with Gasteiger partial charge in [0.1, 0.15) is 6.04 Å². The van der Waals surface area contributed by atoms with Crippen LogP contribution in [0.25, 0.3) is 0 Å². The molecule has 0 aromatic rings. The summed E-state index contributed by atoms with van der Waals surface area (Å²) >= 11 is 1.66. The molecule has 0 aliphatic heterocycles. The van der Waals surface area contributed by atoms with E-state index in [-0.39, 0.29) is 0 Å². The molecule has 15 heavy (non-hydrogen) atoms. The molecule has 84 valence electrons. The van der Waals surface area contributed by atoms with Crippen molar-refractivity contribution in [1.82, 2.24) is 5.32 Å². The maximum absolute atomic E-state index is 10.7. The van der Waals surface area contributed by atoms with Gasteiger partial charge in [0, 0.05) is 11.5 Å². The van der Waals surface area contributed by atoms with Gasteiger partial charge in [0.2, 0.25) is 0 Å². The monoisotopic (exact) mass is 227 g/mol. The fourth-order valence-electron chi connectivity index (χ4n) is 1.35. The first-order valence-corrected chi connectivity index (χ1v) is 6.23. The van der Waals surface area contributed by atoms with Crippen LogP contribution in [0.3, 0.4) is 0 Å². The van der Waals surface area contributed by atoms with Crippen LogP contribution in [0.5, 0.6) is 0 Å². The summed E-state index contributed by atoms with van der Waals surface area (Å²) in [6.45, 7) is 0. The number of rotatable bonds is 6. The summed E-state index contributed by atoms with van der Waals surface area (Å²) in [4.78, 5) is 10.7. The van der Waals surface area contributed by atoms with Crippen molar-refractivity contribution in [3.05, 3.63) is 23.8 Å². The van der Waals surface area contributed by atoms with Crippen LogP contribution in [-0.2, 0) is 4.79 Å². The average Bonchev–Trinajstić information content (AvgIpc) is 2.25. The van der Waals surface area contributed by atoms with Crippen LogP contribution in [0.1, 0.15) is 12.8 Å². The van der Waals surface area contributed by atoms with E-state index in [0.29, 0.717) is 5.75 Å². The summed E-state index contributed by atoms with van der Waals surface area (Å²) in [7, 11) is 1.68. The Morgan fingerprint density at radius 2 is 2.47 bits per heavy atom. The predicted octanol–water partition coefficient (Wildman–Crippen LogP) is 1.67. The number of likely N-dealkylation sites (N-methyl/N-ethyl adjacent to an activating group) is 1. The number of carbonyl (C=O) groups is 1. The summed E-state index contributed by atoms with van der Waals surface area (Å²) in [6.07, 6.45) is 8.76. The standard InChI is InChI=1S/C11H17NO2S/c1-12-10(11(13)14)8-15-7-9-5-3-2-4-6-9/h3,5-6,10,12H,2,4,7-8H2,1H3,(H,13,14). The van der Waals surface area contributed by atoms with Crippen molar-refractivity contribution >= 4 is 17.7 Å². The molecule has 0 spiro atoms. The molecule has 0 fully saturated rings. The van der Waals surface area contributed by atoms with Gasteiger partial charge in [-0.05, 0) is 25.5 Å². The molecule has 1 unspecified atom stereocenters. The van der Waals surface area contributed by atoms with Crippen LogP contribution >= 0.6 is 11.8 Å². The summed E-state index contributed by atoms with van der Waals surface area (Å²) in [5.74, 6) is 0.733. The van der Waals surface area contributed by atoms with E-state index in [9.17, 15) is 4.79 Å². The zero-order valence-electron chi connectivity index (χ0n) is 8.90. The lowest BCUT2D eigenvalue weighted by molar-refractivity contribution is -0.138. The maximum atomic E-state index is 10.7. The molecule has 0 radical (unpaired) electrons. The van der Waals surface area contributed by atoms with Gasteiger partial charge in [-0.3, -0.25) is 4.79 Å². The van der Waals surface area contributed by atoms with E-state index >= 15 is 0 Å². The first-order chi connectivity index (χ1) is 7.24. The van der Waals surface area contributed by atoms with Gasteiger partial charge in [-0.15, -0.1) is 0 Å². The van der Waals surface area contributed by atoms with Crippen LogP contribution in [0.15, 0.2) is 23.8 Å². The Labute approximate surface area is 94.6 Å². The second kappa shape index (κ2) is 6.69. The fourth-order valence-corrected chi connectivity index (χ4v) is 2.46. The summed E-state index contributed by atoms with van der Waals surface area (Å²) < 4.78 is 0. The van der Waals surface area contributed by atoms with Crippen molar-refractivity contribution in [3.63, 3.8) is 0 Å². The Kier molecular flexibility index (Phi) is 5.50. The molecule has 1 aliphatic rings. The van der Waals surface area contributed by atoms with Crippen LogP contribution in [0, 0.1) is 0 Å². The highest BCUT2D eigenvalue weighted by Crippen LogP contribution is 2.15. The third kappa shape index (κ3) is 4.53. The number of allylic oxidation sites excluding steroid dienone is 3. The van der Waals surface area contributed by atoms with Crippen molar-refractivity contribution < 1.29 is 9.90 Å². The van der Waals surface area contributed by atoms with Crippen molar-refractivity contribution in [2.45, 2.75) is 18.9 Å². The molecule has 0 aromatic heterocycles. The molecule has 4 heteroatoms. The summed E-state index contributed by atoms with van der Waals surface area (Å²) in [6, 6.07) is -0.442. The van der Waals surface area contributed by atoms with Gasteiger partial charge in [-0.1, -0.05) is 18.2 Å². The zero-order valence-corrected chi connectivity index (χ0v) is 9.72. The SMILES string of the molecule is CNC(CSCC1=CCCC=C1)C(=O)O. The van der Waals surface area contributed by atoms with Crippen molar-refractivity contribution in [3.8, 4) is 0 Å². The molecule has 1 aliphatic carbocycles. The number of aliphatic carboxylic acids is 1. The third-order valence-electron chi connectivity index (χ3n) is 2.27. The van der Waals surface area contributed by atoms with Crippen LogP contribution in [0.4, 0.5) is 0 Å². The van der Waals surface area contributed by atoms with Crippen LogP contribution in [0.2, 0.25) is 0 Å². The van der Waals surface area contributed by atoms with E-state index in [1.807, 2.05) is 0 Å². The van der Waals surface area contributed by atoms with E-state index in [1.54, 1.807) is 18.8 Å². The largest absolute Gasteiger partial charge is 0.480 e. The highest BCUT2D eigenvalue weighted by molar-refractivity contribution is 7.99. The van der Waals surface area contributed by atoms with Gasteiger partial charge in [0.05, 0.1) is 0 Å². The predicted molar refractivity (Wildman–Crippen MR) is 64.3 cm³/mol. The fraction of sp³-hybridized carbons (Fsp3) is 0.545. The van der Waals surface area contributed by atoms with E-state index in [1.165, 1.54) is 5.57 Å². The smallest absolute Gasteiger partial charge is 0.321 e. The summed E-state index contributed by atoms with van der Waals surface area (Å²) in [5, 5.41) is 11.6. The average molecular weight is 227 g/mol. The molecule has 0 saturated heterocycles. The van der Waals surface area contributed by atoms with E-state index in [2.05, 4.69) is 23.5 Å². The van der Waals surface area contributed by atoms with Gasteiger partial charge >= 0.3 is 5.97 Å². The minimum absolute atomic E-state index is 0.442. The molecule has 1 atom stereocenters. The Balaban J connectivity index is 2.23. The molecule has 0 amide bonds. The first-order valence-electron chi connectivity index (χ1n) is 5.07. The number of carboxylic acids is 1. The van der Waals surface area contributed by atoms with Crippen LogP contribution < -0.4 is 5.32 Å². The van der Waals surface area contributed by atoms with E-state index < -0.39 is 12.0 Å². The molecule has 0 bridgehead atoms. The van der Waals surface area contributed by atoms with Gasteiger partial charge in [0.25, 0.3) is 0 Å². The lowest BCUT2D eigenvalue weighted by Gasteiger charge is -2.11. The second-order valence-electron chi connectivity index (χ2n) is 3.45. The third-order valence-corrected chi connectivity index (χ3v) is 3.38. The first kappa shape index (κ1) is 12.3. The Morgan fingerprint density at radius 1 is 1.67 bits per heavy atom. The number of hydrogen-bond donors (Lipinski definition) is 2.